The Labute approximate surface area is 251 Å². The molecule has 1 N–H and O–H groups in total. The number of carbonyl (C=O) groups is 1. The molecule has 41 heavy (non-hydrogen) atoms. The summed E-state index contributed by atoms with van der Waals surface area (Å²) >= 11 is 0. The van der Waals surface area contributed by atoms with Gasteiger partial charge in [0, 0.05) is 14.7 Å². The van der Waals surface area contributed by atoms with E-state index in [4.69, 9.17) is 18.6 Å². The van der Waals surface area contributed by atoms with Crippen molar-refractivity contribution in [2.45, 2.75) is 129 Å². The van der Waals surface area contributed by atoms with E-state index in [2.05, 4.69) is 53.5 Å². The predicted octanol–water partition coefficient (Wildman–Crippen LogP) is 8.05. The third-order valence-electron chi connectivity index (χ3n) is 7.91. The van der Waals surface area contributed by atoms with Gasteiger partial charge in [0.2, 0.25) is 0 Å². The highest BCUT2D eigenvalue weighted by atomic mass is 28.4. The first kappa shape index (κ1) is 35.6. The molecule has 1 aliphatic heterocycles. The lowest BCUT2D eigenvalue weighted by Gasteiger charge is -2.36. The second-order valence-electron chi connectivity index (χ2n) is 14.6. The van der Waals surface area contributed by atoms with E-state index in [1.165, 1.54) is 0 Å². The van der Waals surface area contributed by atoms with Gasteiger partial charge in [-0.25, -0.2) is 4.79 Å². The molecule has 0 amide bonds. The number of benzene rings is 1. The minimum atomic E-state index is -1.79. The van der Waals surface area contributed by atoms with E-state index in [0.29, 0.717) is 25.2 Å². The molecule has 0 bridgehead atoms. The van der Waals surface area contributed by atoms with Crippen molar-refractivity contribution < 1.29 is 28.5 Å². The van der Waals surface area contributed by atoms with Crippen LogP contribution in [0.5, 0.6) is 0 Å². The van der Waals surface area contributed by atoms with Crippen molar-refractivity contribution in [2.24, 2.45) is 0 Å². The van der Waals surface area contributed by atoms with Crippen LogP contribution in [0, 0.1) is 13.8 Å². The molecule has 0 aliphatic carbocycles. The van der Waals surface area contributed by atoms with Crippen molar-refractivity contribution in [3.63, 3.8) is 0 Å². The number of aliphatic hydroxyl groups excluding tert-OH is 1. The maximum atomic E-state index is 13.0. The maximum Gasteiger partial charge on any atom is 0.338 e. The van der Waals surface area contributed by atoms with Crippen LogP contribution in [0.3, 0.4) is 0 Å². The summed E-state index contributed by atoms with van der Waals surface area (Å²) in [5.41, 5.74) is 3.42. The Morgan fingerprint density at radius 3 is 2.34 bits per heavy atom. The molecular formula is C33H56O6Si2. The summed E-state index contributed by atoms with van der Waals surface area (Å²) in [6.07, 6.45) is 7.34. The topological polar surface area (TPSA) is 74.2 Å². The van der Waals surface area contributed by atoms with Crippen molar-refractivity contribution in [1.29, 1.82) is 0 Å². The van der Waals surface area contributed by atoms with Crippen LogP contribution in [0.25, 0.3) is 6.08 Å². The van der Waals surface area contributed by atoms with Crippen molar-refractivity contribution >= 4 is 28.4 Å². The molecule has 1 aromatic rings. The SMILES string of the molecule is Cc1cc(C)c(C(=O)OCC[Si](C)(C)C)c(/C=C/C[C@@H]2OC(C)(C)OC2C(O)/C=C\CCO[Si](C)(C)C(C)(C)C)c1. The monoisotopic (exact) mass is 604 g/mol. The standard InChI is InChI=1S/C33H56O6Si2/c1-24-22-25(2)29(31(35)36-20-21-40(8,9)10)26(23-24)16-15-18-28-30(39-33(6,7)38-28)27(34)17-13-14-19-37-41(11,12)32(3,4)5/h13,15-17,22-23,27-28,30,34H,14,18-21H2,1-12H3/b16-15+,17-13-/t27?,28-,30?/m0/s1. The molecule has 0 radical (unpaired) electrons. The molecule has 232 valence electrons. The lowest BCUT2D eigenvalue weighted by molar-refractivity contribution is -0.152. The number of esters is 1. The maximum absolute atomic E-state index is 13.0. The van der Waals surface area contributed by atoms with Gasteiger partial charge >= 0.3 is 5.97 Å². The number of carbonyl (C=O) groups excluding carboxylic acids is 1. The molecule has 3 atom stereocenters. The molecule has 1 fully saturated rings. The van der Waals surface area contributed by atoms with Gasteiger partial charge in [-0.15, -0.1) is 0 Å². The summed E-state index contributed by atoms with van der Waals surface area (Å²) in [6, 6.07) is 4.96. The predicted molar refractivity (Wildman–Crippen MR) is 175 cm³/mol. The summed E-state index contributed by atoms with van der Waals surface area (Å²) < 4.78 is 24.2. The molecule has 6 nitrogen and oxygen atoms in total. The van der Waals surface area contributed by atoms with Crippen LogP contribution in [-0.2, 0) is 18.6 Å². The Morgan fingerprint density at radius 2 is 1.73 bits per heavy atom. The van der Waals surface area contributed by atoms with Gasteiger partial charge in [-0.2, -0.15) is 0 Å². The van der Waals surface area contributed by atoms with Crippen LogP contribution in [0.2, 0.25) is 43.8 Å². The Morgan fingerprint density at radius 1 is 1.07 bits per heavy atom. The normalized spacial score (nSPS) is 20.7. The molecular weight excluding hydrogens is 549 g/mol. The van der Waals surface area contributed by atoms with Gasteiger partial charge in [0.05, 0.1) is 18.3 Å². The average Bonchev–Trinajstić information content (AvgIpc) is 3.11. The van der Waals surface area contributed by atoms with Gasteiger partial charge in [0.15, 0.2) is 14.1 Å². The van der Waals surface area contributed by atoms with Gasteiger partial charge in [0.1, 0.15) is 12.2 Å². The Kier molecular flexibility index (Phi) is 12.4. The van der Waals surface area contributed by atoms with Crippen LogP contribution in [0.15, 0.2) is 30.4 Å². The number of aliphatic hydroxyl groups is 1. The van der Waals surface area contributed by atoms with Crippen LogP contribution < -0.4 is 0 Å². The van der Waals surface area contributed by atoms with Gasteiger partial charge in [0.25, 0.3) is 0 Å². The molecule has 0 saturated carbocycles. The number of hydrogen-bond acceptors (Lipinski definition) is 6. The highest BCUT2D eigenvalue weighted by molar-refractivity contribution is 6.76. The molecule has 2 unspecified atom stereocenters. The zero-order valence-electron chi connectivity index (χ0n) is 27.7. The lowest BCUT2D eigenvalue weighted by Crippen LogP contribution is -2.40. The lowest BCUT2D eigenvalue weighted by atomic mass is 9.97. The summed E-state index contributed by atoms with van der Waals surface area (Å²) in [5.74, 6) is -1.08. The summed E-state index contributed by atoms with van der Waals surface area (Å²) in [4.78, 5) is 13.0. The molecule has 2 rings (SSSR count). The first-order valence-corrected chi connectivity index (χ1v) is 21.6. The van der Waals surface area contributed by atoms with Crippen LogP contribution in [-0.4, -0.2) is 64.8 Å². The fraction of sp³-hybridized carbons (Fsp3) is 0.667. The molecule has 1 aromatic carbocycles. The molecule has 1 aliphatic rings. The first-order chi connectivity index (χ1) is 18.7. The number of aryl methyl sites for hydroxylation is 2. The fourth-order valence-corrected chi connectivity index (χ4v) is 6.32. The summed E-state index contributed by atoms with van der Waals surface area (Å²) in [7, 11) is -3.09. The molecule has 1 saturated heterocycles. The van der Waals surface area contributed by atoms with Crippen LogP contribution in [0.1, 0.15) is 74.5 Å². The summed E-state index contributed by atoms with van der Waals surface area (Å²) in [5, 5.41) is 11.1. The van der Waals surface area contributed by atoms with Gasteiger partial charge in [-0.1, -0.05) is 82.4 Å². The molecule has 8 heteroatoms. The molecule has 0 aromatic heterocycles. The minimum Gasteiger partial charge on any atom is -0.462 e. The number of ether oxygens (including phenoxy) is 3. The molecule has 0 spiro atoms. The van der Waals surface area contributed by atoms with Crippen molar-refractivity contribution in [3.8, 4) is 0 Å². The Hall–Kier alpha value is -1.56. The van der Waals surface area contributed by atoms with E-state index in [1.54, 1.807) is 6.08 Å². The van der Waals surface area contributed by atoms with E-state index in [1.807, 2.05) is 58.1 Å². The van der Waals surface area contributed by atoms with Crippen molar-refractivity contribution in [2.75, 3.05) is 13.2 Å². The average molecular weight is 605 g/mol. The smallest absolute Gasteiger partial charge is 0.338 e. The molecule has 1 heterocycles. The Bertz CT molecular complexity index is 1080. The first-order valence-electron chi connectivity index (χ1n) is 15.0. The van der Waals surface area contributed by atoms with Crippen LogP contribution >= 0.6 is 0 Å². The van der Waals surface area contributed by atoms with Gasteiger partial charge < -0.3 is 23.7 Å². The van der Waals surface area contributed by atoms with E-state index >= 15 is 0 Å². The summed E-state index contributed by atoms with van der Waals surface area (Å²) in [6.45, 7) is 26.8. The zero-order chi connectivity index (χ0) is 31.2. The highest BCUT2D eigenvalue weighted by Gasteiger charge is 2.43. The van der Waals surface area contributed by atoms with E-state index < -0.39 is 34.4 Å². The van der Waals surface area contributed by atoms with Crippen molar-refractivity contribution in [3.05, 3.63) is 52.6 Å². The number of hydrogen-bond donors (Lipinski definition) is 1. The quantitative estimate of drug-likeness (QED) is 0.106. The fourth-order valence-electron chi connectivity index (χ4n) is 4.54. The van der Waals surface area contributed by atoms with Gasteiger partial charge in [-0.3, -0.25) is 0 Å². The third kappa shape index (κ3) is 11.2. The van der Waals surface area contributed by atoms with Crippen LogP contribution in [0.4, 0.5) is 0 Å². The second kappa shape index (κ2) is 14.3. The largest absolute Gasteiger partial charge is 0.462 e. The van der Waals surface area contributed by atoms with Crippen molar-refractivity contribution in [1.82, 2.24) is 0 Å². The zero-order valence-corrected chi connectivity index (χ0v) is 29.7. The second-order valence-corrected chi connectivity index (χ2v) is 25.0. The van der Waals surface area contributed by atoms with Gasteiger partial charge in [-0.05, 0) is 75.8 Å². The third-order valence-corrected chi connectivity index (χ3v) is 14.2. The minimum absolute atomic E-state index is 0.170. The highest BCUT2D eigenvalue weighted by Crippen LogP contribution is 2.36. The van der Waals surface area contributed by atoms with E-state index in [0.717, 1.165) is 29.2 Å². The number of rotatable bonds is 13. The Balaban J connectivity index is 2.08. The van der Waals surface area contributed by atoms with E-state index in [-0.39, 0.29) is 17.1 Å². The van der Waals surface area contributed by atoms with E-state index in [9.17, 15) is 9.90 Å².